The van der Waals surface area contributed by atoms with E-state index in [2.05, 4.69) is 37.9 Å². The second kappa shape index (κ2) is 5.46. The first kappa shape index (κ1) is 14.9. The van der Waals surface area contributed by atoms with Gasteiger partial charge in [0.05, 0.1) is 6.42 Å². The Kier molecular flexibility index (Phi) is 4.06. The quantitative estimate of drug-likeness (QED) is 0.693. The Labute approximate surface area is 123 Å². The predicted octanol–water partition coefficient (Wildman–Crippen LogP) is 3.64. The fourth-order valence-corrected chi connectivity index (χ4v) is 3.81. The number of Topliss-reactive ketones (excluding diaryl/α,β-unsaturated/α-hetero) is 1. The van der Waals surface area contributed by atoms with Crippen molar-refractivity contribution in [2.75, 3.05) is 5.14 Å². The monoisotopic (exact) mass is 289 g/mol. The summed E-state index contributed by atoms with van der Waals surface area (Å²) in [6, 6.07) is 10.2. The van der Waals surface area contributed by atoms with Crippen molar-refractivity contribution < 1.29 is 4.79 Å². The predicted molar refractivity (Wildman–Crippen MR) is 84.8 cm³/mol. The molecule has 0 radical (unpaired) electrons. The van der Waals surface area contributed by atoms with Crippen LogP contribution in [0.5, 0.6) is 0 Å². The van der Waals surface area contributed by atoms with Crippen molar-refractivity contribution in [1.29, 1.82) is 0 Å². The Morgan fingerprint density at radius 2 is 1.85 bits per heavy atom. The average molecular weight is 289 g/mol. The molecule has 4 heteroatoms. The zero-order valence-corrected chi connectivity index (χ0v) is 13.3. The van der Waals surface area contributed by atoms with Crippen LogP contribution in [0.25, 0.3) is 0 Å². The third-order valence-electron chi connectivity index (χ3n) is 3.17. The summed E-state index contributed by atoms with van der Waals surface area (Å²) in [7, 11) is -0.675. The summed E-state index contributed by atoms with van der Waals surface area (Å²) < 4.78 is 0. The van der Waals surface area contributed by atoms with Crippen LogP contribution in [0.4, 0.5) is 0 Å². The number of thiazole rings is 1. The van der Waals surface area contributed by atoms with E-state index in [9.17, 15) is 4.79 Å². The molecule has 2 rings (SSSR count). The van der Waals surface area contributed by atoms with E-state index in [-0.39, 0.29) is 11.2 Å². The van der Waals surface area contributed by atoms with Gasteiger partial charge in [0, 0.05) is 12.3 Å². The minimum Gasteiger partial charge on any atom is -0.287 e. The van der Waals surface area contributed by atoms with Gasteiger partial charge in [-0.05, 0) is 5.56 Å². The van der Waals surface area contributed by atoms with Crippen LogP contribution in [0.15, 0.2) is 30.3 Å². The summed E-state index contributed by atoms with van der Waals surface area (Å²) in [5, 5.41) is 6.79. The summed E-state index contributed by atoms with van der Waals surface area (Å²) >= 11 is 0. The fourth-order valence-electron chi connectivity index (χ4n) is 2.20. The highest BCUT2D eigenvalue weighted by Gasteiger charge is 2.34. The van der Waals surface area contributed by atoms with E-state index in [0.717, 1.165) is 17.0 Å². The Morgan fingerprint density at radius 3 is 2.35 bits per heavy atom. The maximum Gasteiger partial charge on any atom is 0.331 e. The molecular formula is C16H21N2OS+. The lowest BCUT2D eigenvalue weighted by molar-refractivity contribution is 0.101. The minimum absolute atomic E-state index is 0.0272. The van der Waals surface area contributed by atoms with Gasteiger partial charge in [-0.3, -0.25) is 4.79 Å². The van der Waals surface area contributed by atoms with E-state index < -0.39 is 10.7 Å². The first-order valence-electron chi connectivity index (χ1n) is 6.66. The van der Waals surface area contributed by atoms with E-state index in [0.29, 0.717) is 5.01 Å². The Morgan fingerprint density at radius 1 is 1.25 bits per heavy atom. The second-order valence-electron chi connectivity index (χ2n) is 6.00. The lowest BCUT2D eigenvalue weighted by Crippen LogP contribution is -2.14. The highest BCUT2D eigenvalue weighted by atomic mass is 32.2. The molecule has 0 fully saturated rings. The molecule has 20 heavy (non-hydrogen) atoms. The van der Waals surface area contributed by atoms with Gasteiger partial charge in [0.15, 0.2) is 0 Å². The highest BCUT2D eigenvalue weighted by Crippen LogP contribution is 2.35. The molecule has 1 aromatic heterocycles. The largest absolute Gasteiger partial charge is 0.331 e. The third-order valence-corrected chi connectivity index (χ3v) is 4.83. The lowest BCUT2D eigenvalue weighted by atomic mass is 9.90. The number of hydrogen-bond acceptors (Lipinski definition) is 3. The summed E-state index contributed by atoms with van der Waals surface area (Å²) in [4.78, 5) is 17.3. The lowest BCUT2D eigenvalue weighted by Gasteiger charge is -2.15. The fraction of sp³-hybridized carbons (Fsp3) is 0.375. The van der Waals surface area contributed by atoms with Crippen molar-refractivity contribution in [3.05, 3.63) is 51.5 Å². The summed E-state index contributed by atoms with van der Waals surface area (Å²) in [5.74, 6) is -0.0272. The maximum absolute atomic E-state index is 11.7. The number of aromatic nitrogens is 1. The van der Waals surface area contributed by atoms with Crippen molar-refractivity contribution in [1.82, 2.24) is 4.98 Å². The number of carbonyl (C=O) groups excluding carboxylic acids is 1. The Hall–Kier alpha value is -1.52. The van der Waals surface area contributed by atoms with Gasteiger partial charge < -0.3 is 0 Å². The summed E-state index contributed by atoms with van der Waals surface area (Å²) in [6.45, 7) is 7.86. The van der Waals surface area contributed by atoms with Crippen LogP contribution in [-0.2, 0) is 11.8 Å². The molecule has 0 aliphatic carbocycles. The van der Waals surface area contributed by atoms with Gasteiger partial charge in [0.1, 0.15) is 16.3 Å². The van der Waals surface area contributed by atoms with Crippen molar-refractivity contribution in [2.24, 2.45) is 0 Å². The van der Waals surface area contributed by atoms with Gasteiger partial charge in [0.25, 0.3) is 0 Å². The SMILES string of the molecule is CC(=O)c1nc(C(C)(C)C)c(Cc2ccccc2)[s+]1N. The molecule has 2 aromatic rings. The number of nitrogens with zero attached hydrogens (tertiary/aromatic N) is 1. The van der Waals surface area contributed by atoms with Gasteiger partial charge >= 0.3 is 5.01 Å². The molecule has 2 N–H and O–H groups in total. The van der Waals surface area contributed by atoms with Crippen LogP contribution in [0.3, 0.4) is 0 Å². The molecule has 0 aliphatic rings. The molecule has 1 heterocycles. The van der Waals surface area contributed by atoms with Crippen LogP contribution in [-0.4, -0.2) is 10.8 Å². The van der Waals surface area contributed by atoms with E-state index in [1.54, 1.807) is 0 Å². The zero-order chi connectivity index (χ0) is 14.9. The van der Waals surface area contributed by atoms with Crippen molar-refractivity contribution in [3.63, 3.8) is 0 Å². The normalized spacial score (nSPS) is 12.6. The van der Waals surface area contributed by atoms with E-state index >= 15 is 0 Å². The Bertz CT molecular complexity index is 624. The number of ketones is 1. The molecule has 106 valence electrons. The van der Waals surface area contributed by atoms with Crippen molar-refractivity contribution in [3.8, 4) is 0 Å². The van der Waals surface area contributed by atoms with Crippen LogP contribution in [0.1, 0.15) is 53.6 Å². The highest BCUT2D eigenvalue weighted by molar-refractivity contribution is 7.32. The van der Waals surface area contributed by atoms with Gasteiger partial charge in [-0.1, -0.05) is 51.1 Å². The second-order valence-corrected chi connectivity index (χ2v) is 7.55. The number of nitrogen functional groups attached to an aromatic ring is 1. The van der Waals surface area contributed by atoms with Crippen LogP contribution < -0.4 is 5.14 Å². The molecule has 0 amide bonds. The van der Waals surface area contributed by atoms with Gasteiger partial charge in [-0.15, -0.1) is 5.14 Å². The summed E-state index contributed by atoms with van der Waals surface area (Å²) in [5.41, 5.74) is 2.07. The molecule has 0 aliphatic heterocycles. The van der Waals surface area contributed by atoms with Gasteiger partial charge in [0.2, 0.25) is 10.7 Å². The van der Waals surface area contributed by atoms with Crippen LogP contribution in [0.2, 0.25) is 0 Å². The van der Waals surface area contributed by atoms with Crippen LogP contribution in [0, 0.1) is 0 Å². The van der Waals surface area contributed by atoms with Gasteiger partial charge in [-0.2, -0.15) is 4.98 Å². The Balaban J connectivity index is 2.53. The third kappa shape index (κ3) is 2.97. The first-order chi connectivity index (χ1) is 9.30. The number of nitrogens with two attached hydrogens (primary N) is 1. The topological polar surface area (TPSA) is 56.0 Å². The van der Waals surface area contributed by atoms with Crippen LogP contribution >= 0.6 is 10.7 Å². The van der Waals surface area contributed by atoms with Gasteiger partial charge in [-0.25, -0.2) is 0 Å². The number of benzene rings is 1. The average Bonchev–Trinajstić information content (AvgIpc) is 2.68. The smallest absolute Gasteiger partial charge is 0.287 e. The summed E-state index contributed by atoms with van der Waals surface area (Å²) in [6.07, 6.45) is 0.757. The molecule has 0 saturated heterocycles. The zero-order valence-electron chi connectivity index (χ0n) is 12.4. The van der Waals surface area contributed by atoms with E-state index in [1.807, 2.05) is 18.2 Å². The van der Waals surface area contributed by atoms with Crippen molar-refractivity contribution in [2.45, 2.75) is 39.5 Å². The standard InChI is InChI=1S/C16H21N2OS/c1-11(19)15-18-14(16(2,3)4)13(20(15)17)10-12-8-6-5-7-9-12/h5-9H,10,17H2,1-4H3/q+1. The molecule has 0 saturated carbocycles. The first-order valence-corrected chi connectivity index (χ1v) is 7.95. The minimum atomic E-state index is -0.675. The molecule has 1 aromatic carbocycles. The maximum atomic E-state index is 11.7. The molecule has 0 bridgehead atoms. The molecular weight excluding hydrogens is 268 g/mol. The van der Waals surface area contributed by atoms with Crippen molar-refractivity contribution >= 4 is 16.4 Å². The van der Waals surface area contributed by atoms with E-state index in [1.165, 1.54) is 12.5 Å². The number of carbonyl (C=O) groups is 1. The number of hydrogen-bond donors (Lipinski definition) is 1. The van der Waals surface area contributed by atoms with E-state index in [4.69, 9.17) is 5.14 Å². The molecule has 3 nitrogen and oxygen atoms in total. The molecule has 1 unspecified atom stereocenters. The molecule has 0 spiro atoms. The number of rotatable bonds is 3. The molecule has 1 atom stereocenters.